The van der Waals surface area contributed by atoms with E-state index in [4.69, 9.17) is 27.6 Å². The highest BCUT2D eigenvalue weighted by Crippen LogP contribution is 2.41. The molecule has 2 aromatic carbocycles. The van der Waals surface area contributed by atoms with E-state index in [1.807, 2.05) is 6.07 Å². The Morgan fingerprint density at radius 2 is 1.70 bits per heavy atom. The van der Waals surface area contributed by atoms with Gasteiger partial charge in [-0.2, -0.15) is 0 Å². The number of fused-ring (bicyclic) bond motifs is 1. The zero-order valence-corrected chi connectivity index (χ0v) is 19.0. The van der Waals surface area contributed by atoms with Crippen LogP contribution in [0.25, 0.3) is 33.5 Å². The van der Waals surface area contributed by atoms with Crippen LogP contribution in [0.2, 0.25) is 10.0 Å². The van der Waals surface area contributed by atoms with Gasteiger partial charge in [-0.3, -0.25) is 10.1 Å². The molecular formula is C24H18Cl2N2O5. The summed E-state index contributed by atoms with van der Waals surface area (Å²) in [6.45, 7) is 2.57. The fourth-order valence-electron chi connectivity index (χ4n) is 3.40. The summed E-state index contributed by atoms with van der Waals surface area (Å²) < 4.78 is 5.69. The number of Topliss-reactive ketones (excluding diaryl/α,β-unsaturated/α-hetero) is 1. The Bertz CT molecular complexity index is 1390. The molecular weight excluding hydrogens is 467 g/mol. The molecule has 3 N–H and O–H groups in total. The molecule has 2 aromatic heterocycles. The summed E-state index contributed by atoms with van der Waals surface area (Å²) in [5.41, 5.74) is 0.550. The Balaban J connectivity index is 2.08. The van der Waals surface area contributed by atoms with Crippen molar-refractivity contribution in [3.05, 3.63) is 70.4 Å². The number of benzene rings is 2. The monoisotopic (exact) mass is 484 g/mol. The lowest BCUT2D eigenvalue weighted by molar-refractivity contribution is 0.0462. The van der Waals surface area contributed by atoms with Crippen molar-refractivity contribution in [1.29, 1.82) is 0 Å². The van der Waals surface area contributed by atoms with Gasteiger partial charge in [0.2, 0.25) is 11.5 Å². The van der Waals surface area contributed by atoms with E-state index < -0.39 is 17.5 Å². The number of halogens is 2. The zero-order valence-electron chi connectivity index (χ0n) is 17.5. The van der Waals surface area contributed by atoms with Crippen LogP contribution in [0.4, 0.5) is 10.5 Å². The van der Waals surface area contributed by atoms with Crippen LogP contribution in [0.5, 0.6) is 0 Å². The molecule has 0 spiro atoms. The fraction of sp³-hybridized carbons (Fsp3) is 0.125. The van der Waals surface area contributed by atoms with Gasteiger partial charge in [0.25, 0.3) is 0 Å². The van der Waals surface area contributed by atoms with Crippen molar-refractivity contribution in [2.24, 2.45) is 0 Å². The minimum Gasteiger partial charge on any atom is -0.465 e. The number of nitrogens with one attached hydrogen (secondary N) is 1. The van der Waals surface area contributed by atoms with E-state index in [1.165, 1.54) is 13.8 Å². The molecule has 4 aromatic rings. The third kappa shape index (κ3) is 4.43. The SMILES string of the molecule is CC(C)(O)C(=O)c1oc2nc(-c3ccccc3Cl)c(-c3ccc(Cl)cc3)cc2c1NC(=O)O. The Morgan fingerprint density at radius 3 is 2.30 bits per heavy atom. The molecule has 0 radical (unpaired) electrons. The summed E-state index contributed by atoms with van der Waals surface area (Å²) in [5, 5.41) is 23.0. The third-order valence-electron chi connectivity index (χ3n) is 4.96. The van der Waals surface area contributed by atoms with Crippen LogP contribution in [0, 0.1) is 0 Å². The third-order valence-corrected chi connectivity index (χ3v) is 5.54. The molecule has 4 rings (SSSR count). The van der Waals surface area contributed by atoms with Gasteiger partial charge in [0.1, 0.15) is 11.3 Å². The van der Waals surface area contributed by atoms with Gasteiger partial charge in [-0.25, -0.2) is 9.78 Å². The lowest BCUT2D eigenvalue weighted by Gasteiger charge is -2.14. The van der Waals surface area contributed by atoms with Crippen molar-refractivity contribution in [2.75, 3.05) is 5.32 Å². The van der Waals surface area contributed by atoms with Crippen LogP contribution in [0.1, 0.15) is 24.4 Å². The quantitative estimate of drug-likeness (QED) is 0.278. The van der Waals surface area contributed by atoms with E-state index in [1.54, 1.807) is 48.5 Å². The number of hydrogen-bond acceptors (Lipinski definition) is 5. The maximum Gasteiger partial charge on any atom is 0.409 e. The Morgan fingerprint density at radius 1 is 1.03 bits per heavy atom. The highest BCUT2D eigenvalue weighted by atomic mass is 35.5. The molecule has 0 saturated heterocycles. The number of ketones is 1. The first-order valence-electron chi connectivity index (χ1n) is 9.81. The number of anilines is 1. The minimum absolute atomic E-state index is 0.0129. The Kier molecular flexibility index (Phi) is 5.88. The van der Waals surface area contributed by atoms with Gasteiger partial charge in [0.15, 0.2) is 5.76 Å². The van der Waals surface area contributed by atoms with E-state index in [-0.39, 0.29) is 22.5 Å². The Hall–Kier alpha value is -3.39. The van der Waals surface area contributed by atoms with Gasteiger partial charge in [0, 0.05) is 21.2 Å². The molecule has 0 aliphatic heterocycles. The molecule has 0 aliphatic rings. The number of hydrogen-bond donors (Lipinski definition) is 3. The van der Waals surface area contributed by atoms with Gasteiger partial charge in [-0.1, -0.05) is 53.5 Å². The second-order valence-electron chi connectivity index (χ2n) is 7.85. The lowest BCUT2D eigenvalue weighted by atomic mass is 9.97. The van der Waals surface area contributed by atoms with Crippen molar-refractivity contribution in [1.82, 2.24) is 4.98 Å². The summed E-state index contributed by atoms with van der Waals surface area (Å²) in [5.74, 6) is -1.14. The average Bonchev–Trinajstić information content (AvgIpc) is 3.09. The maximum atomic E-state index is 12.8. The van der Waals surface area contributed by atoms with Crippen molar-refractivity contribution >= 4 is 51.9 Å². The normalized spacial score (nSPS) is 11.5. The van der Waals surface area contributed by atoms with E-state index in [9.17, 15) is 19.8 Å². The molecule has 7 nitrogen and oxygen atoms in total. The number of carbonyl (C=O) groups is 2. The fourth-order valence-corrected chi connectivity index (χ4v) is 3.75. The molecule has 1 amide bonds. The van der Waals surface area contributed by atoms with Gasteiger partial charge in [0.05, 0.1) is 11.1 Å². The number of carbonyl (C=O) groups excluding carboxylic acids is 1. The van der Waals surface area contributed by atoms with Crippen molar-refractivity contribution < 1.29 is 24.2 Å². The Labute approximate surface area is 198 Å². The number of carboxylic acid groups (broad SMARTS) is 1. The van der Waals surface area contributed by atoms with Crippen molar-refractivity contribution in [2.45, 2.75) is 19.4 Å². The van der Waals surface area contributed by atoms with Gasteiger partial charge in [-0.15, -0.1) is 0 Å². The molecule has 0 unspecified atom stereocenters. The lowest BCUT2D eigenvalue weighted by Crippen LogP contribution is -2.31. The first-order chi connectivity index (χ1) is 15.6. The van der Waals surface area contributed by atoms with Crippen LogP contribution < -0.4 is 5.32 Å². The summed E-state index contributed by atoms with van der Waals surface area (Å²) in [7, 11) is 0. The number of pyridine rings is 1. The minimum atomic E-state index is -1.80. The van der Waals surface area contributed by atoms with E-state index >= 15 is 0 Å². The number of aromatic nitrogens is 1. The number of amides is 1. The standard InChI is InChI=1S/C24H18Cl2N2O5/c1-24(2,32)21(29)20-19(28-23(30)31)16-11-15(12-7-9-13(25)10-8-12)18(27-22(16)33-20)14-5-3-4-6-17(14)26/h3-11,28,32H,1-2H3,(H,30,31). The second kappa shape index (κ2) is 8.51. The number of nitrogens with zero attached hydrogens (tertiary/aromatic N) is 1. The van der Waals surface area contributed by atoms with Gasteiger partial charge >= 0.3 is 6.09 Å². The molecule has 0 fully saturated rings. The number of furan rings is 1. The molecule has 0 aliphatic carbocycles. The van der Waals surface area contributed by atoms with Crippen LogP contribution >= 0.6 is 23.2 Å². The predicted molar refractivity (Wildman–Crippen MR) is 127 cm³/mol. The topological polar surface area (TPSA) is 113 Å². The van der Waals surface area contributed by atoms with Gasteiger partial charge in [-0.05, 0) is 43.7 Å². The van der Waals surface area contributed by atoms with E-state index in [2.05, 4.69) is 10.3 Å². The summed E-state index contributed by atoms with van der Waals surface area (Å²) in [6, 6.07) is 15.8. The molecule has 0 bridgehead atoms. The van der Waals surface area contributed by atoms with Crippen LogP contribution in [-0.4, -0.2) is 32.7 Å². The molecule has 0 saturated carbocycles. The van der Waals surface area contributed by atoms with Crippen molar-refractivity contribution in [3.8, 4) is 22.4 Å². The smallest absolute Gasteiger partial charge is 0.409 e. The predicted octanol–water partition coefficient (Wildman–Crippen LogP) is 6.51. The first kappa shape index (κ1) is 22.8. The van der Waals surface area contributed by atoms with Crippen LogP contribution in [0.3, 0.4) is 0 Å². The summed E-state index contributed by atoms with van der Waals surface area (Å²) in [4.78, 5) is 28.9. The number of aliphatic hydroxyl groups is 1. The average molecular weight is 485 g/mol. The van der Waals surface area contributed by atoms with Crippen LogP contribution in [0.15, 0.2) is 59.0 Å². The molecule has 0 atom stereocenters. The van der Waals surface area contributed by atoms with E-state index in [0.717, 1.165) is 5.56 Å². The molecule has 33 heavy (non-hydrogen) atoms. The summed E-state index contributed by atoms with van der Waals surface area (Å²) >= 11 is 12.5. The molecule has 2 heterocycles. The molecule has 168 valence electrons. The van der Waals surface area contributed by atoms with Crippen LogP contribution in [-0.2, 0) is 0 Å². The largest absolute Gasteiger partial charge is 0.465 e. The van der Waals surface area contributed by atoms with E-state index in [0.29, 0.717) is 26.9 Å². The number of rotatable bonds is 5. The van der Waals surface area contributed by atoms with Gasteiger partial charge < -0.3 is 14.6 Å². The second-order valence-corrected chi connectivity index (χ2v) is 8.69. The maximum absolute atomic E-state index is 12.8. The highest BCUT2D eigenvalue weighted by Gasteiger charge is 2.33. The van der Waals surface area contributed by atoms with Crippen molar-refractivity contribution in [3.63, 3.8) is 0 Å². The molecule has 9 heteroatoms. The highest BCUT2D eigenvalue weighted by molar-refractivity contribution is 6.33. The summed E-state index contributed by atoms with van der Waals surface area (Å²) in [6.07, 6.45) is -1.40. The first-order valence-corrected chi connectivity index (χ1v) is 10.6. The zero-order chi connectivity index (χ0) is 23.9.